The Morgan fingerprint density at radius 2 is 1.54 bits per heavy atom. The number of carbonyl (C=O) groups is 1. The summed E-state index contributed by atoms with van der Waals surface area (Å²) in [5.74, 6) is 1.33. The Kier molecular flexibility index (Phi) is 6.67. The Labute approximate surface area is 156 Å². The first kappa shape index (κ1) is 19.8. The fraction of sp³-hybridized carbons (Fsp3) is 0.409. The summed E-state index contributed by atoms with van der Waals surface area (Å²) >= 11 is 0. The summed E-state index contributed by atoms with van der Waals surface area (Å²) < 4.78 is 11.3. The van der Waals surface area contributed by atoms with Crippen LogP contribution in [0.25, 0.3) is 0 Å². The molecule has 0 aliphatic rings. The molecule has 2 aromatic rings. The van der Waals surface area contributed by atoms with Crippen molar-refractivity contribution in [1.82, 2.24) is 0 Å². The highest BCUT2D eigenvalue weighted by Crippen LogP contribution is 2.25. The third-order valence-electron chi connectivity index (χ3n) is 4.09. The van der Waals surface area contributed by atoms with Gasteiger partial charge in [-0.15, -0.1) is 0 Å². The number of hydrogen-bond donors (Lipinski definition) is 1. The molecule has 0 aliphatic carbocycles. The third kappa shape index (κ3) is 5.51. The van der Waals surface area contributed by atoms with Crippen LogP contribution in [0.5, 0.6) is 11.5 Å². The van der Waals surface area contributed by atoms with Gasteiger partial charge in [-0.25, -0.2) is 0 Å². The molecule has 4 heteroatoms. The summed E-state index contributed by atoms with van der Waals surface area (Å²) in [7, 11) is 0. The van der Waals surface area contributed by atoms with E-state index in [1.165, 1.54) is 5.56 Å². The van der Waals surface area contributed by atoms with Crippen LogP contribution in [0.4, 0.5) is 5.69 Å². The van der Waals surface area contributed by atoms with Gasteiger partial charge in [-0.2, -0.15) is 0 Å². The molecule has 0 bridgehead atoms. The second-order valence-corrected chi connectivity index (χ2v) is 7.24. The van der Waals surface area contributed by atoms with Crippen molar-refractivity contribution >= 4 is 11.6 Å². The lowest BCUT2D eigenvalue weighted by atomic mass is 9.87. The predicted octanol–water partition coefficient (Wildman–Crippen LogP) is 5.18. The first-order valence-corrected chi connectivity index (χ1v) is 9.14. The van der Waals surface area contributed by atoms with Crippen molar-refractivity contribution in [3.63, 3.8) is 0 Å². The summed E-state index contributed by atoms with van der Waals surface area (Å²) in [5, 5.41) is 2.90. The summed E-state index contributed by atoms with van der Waals surface area (Å²) in [4.78, 5) is 12.5. The lowest BCUT2D eigenvalue weighted by molar-refractivity contribution is -0.122. The highest BCUT2D eigenvalue weighted by atomic mass is 16.5. The van der Waals surface area contributed by atoms with Gasteiger partial charge in [0.15, 0.2) is 6.10 Å². The van der Waals surface area contributed by atoms with Gasteiger partial charge < -0.3 is 14.8 Å². The molecule has 0 saturated heterocycles. The molecule has 0 spiro atoms. The van der Waals surface area contributed by atoms with Crippen LogP contribution in [-0.2, 0) is 10.2 Å². The van der Waals surface area contributed by atoms with Crippen LogP contribution in [0.3, 0.4) is 0 Å². The Balaban J connectivity index is 1.99. The fourth-order valence-electron chi connectivity index (χ4n) is 2.54. The Morgan fingerprint density at radius 3 is 2.04 bits per heavy atom. The van der Waals surface area contributed by atoms with E-state index >= 15 is 0 Å². The molecule has 0 unspecified atom stereocenters. The first-order valence-electron chi connectivity index (χ1n) is 9.14. The van der Waals surface area contributed by atoms with Gasteiger partial charge in [0.1, 0.15) is 11.5 Å². The van der Waals surface area contributed by atoms with Crippen LogP contribution < -0.4 is 14.8 Å². The van der Waals surface area contributed by atoms with E-state index in [0.29, 0.717) is 18.8 Å². The number of rotatable bonds is 7. The minimum Gasteiger partial charge on any atom is -0.494 e. The lowest BCUT2D eigenvalue weighted by Gasteiger charge is -2.21. The van der Waals surface area contributed by atoms with E-state index in [1.807, 2.05) is 62.4 Å². The van der Waals surface area contributed by atoms with Gasteiger partial charge in [0.2, 0.25) is 0 Å². The number of nitrogens with one attached hydrogen (secondary N) is 1. The van der Waals surface area contributed by atoms with Crippen molar-refractivity contribution in [2.75, 3.05) is 11.9 Å². The van der Waals surface area contributed by atoms with Crippen molar-refractivity contribution in [3.8, 4) is 11.5 Å². The Morgan fingerprint density at radius 1 is 0.962 bits per heavy atom. The number of hydrogen-bond acceptors (Lipinski definition) is 3. The monoisotopic (exact) mass is 355 g/mol. The summed E-state index contributed by atoms with van der Waals surface area (Å²) in [5.41, 5.74) is 2.05. The molecular weight excluding hydrogens is 326 g/mol. The standard InChI is InChI=1S/C22H29NO3/c1-6-20(26-19-12-8-16(9-13-19)22(3,4)5)21(24)23-17-10-14-18(15-11-17)25-7-2/h8-15,20H,6-7H2,1-5H3,(H,23,24)/t20-/m1/s1. The van der Waals surface area contributed by atoms with Gasteiger partial charge in [0.25, 0.3) is 5.91 Å². The topological polar surface area (TPSA) is 47.6 Å². The predicted molar refractivity (Wildman–Crippen MR) is 106 cm³/mol. The minimum absolute atomic E-state index is 0.0910. The van der Waals surface area contributed by atoms with Crippen LogP contribution in [-0.4, -0.2) is 18.6 Å². The Hall–Kier alpha value is -2.49. The number of ether oxygens (including phenoxy) is 2. The molecule has 1 amide bonds. The maximum atomic E-state index is 12.5. The van der Waals surface area contributed by atoms with Gasteiger partial charge in [0, 0.05) is 5.69 Å². The zero-order chi connectivity index (χ0) is 19.2. The zero-order valence-electron chi connectivity index (χ0n) is 16.3. The van der Waals surface area contributed by atoms with Crippen molar-refractivity contribution in [2.45, 2.75) is 52.6 Å². The third-order valence-corrected chi connectivity index (χ3v) is 4.09. The smallest absolute Gasteiger partial charge is 0.265 e. The molecule has 0 saturated carbocycles. The molecule has 2 aromatic carbocycles. The molecule has 0 radical (unpaired) electrons. The van der Waals surface area contributed by atoms with Gasteiger partial charge in [-0.3, -0.25) is 4.79 Å². The van der Waals surface area contributed by atoms with Crippen LogP contribution in [0, 0.1) is 0 Å². The van der Waals surface area contributed by atoms with Crippen LogP contribution in [0.15, 0.2) is 48.5 Å². The second kappa shape index (κ2) is 8.75. The van der Waals surface area contributed by atoms with E-state index in [-0.39, 0.29) is 11.3 Å². The van der Waals surface area contributed by atoms with Gasteiger partial charge in [-0.1, -0.05) is 39.8 Å². The molecule has 4 nitrogen and oxygen atoms in total. The SMILES string of the molecule is CCOc1ccc(NC(=O)[C@@H](CC)Oc2ccc(C(C)(C)C)cc2)cc1. The maximum Gasteiger partial charge on any atom is 0.265 e. The van der Waals surface area contributed by atoms with Crippen LogP contribution >= 0.6 is 0 Å². The molecule has 0 heterocycles. The fourth-order valence-corrected chi connectivity index (χ4v) is 2.54. The summed E-state index contributed by atoms with van der Waals surface area (Å²) in [6, 6.07) is 15.3. The molecule has 1 N–H and O–H groups in total. The molecule has 0 aromatic heterocycles. The highest BCUT2D eigenvalue weighted by molar-refractivity contribution is 5.94. The average molecular weight is 355 g/mol. The highest BCUT2D eigenvalue weighted by Gasteiger charge is 2.19. The van der Waals surface area contributed by atoms with E-state index in [1.54, 1.807) is 0 Å². The number of benzene rings is 2. The molecule has 2 rings (SSSR count). The first-order chi connectivity index (χ1) is 12.3. The van der Waals surface area contributed by atoms with E-state index < -0.39 is 6.10 Å². The van der Waals surface area contributed by atoms with Gasteiger partial charge >= 0.3 is 0 Å². The summed E-state index contributed by atoms with van der Waals surface area (Å²) in [6.07, 6.45) is 0.0474. The normalized spacial score (nSPS) is 12.3. The van der Waals surface area contributed by atoms with Gasteiger partial charge in [-0.05, 0) is 60.7 Å². The largest absolute Gasteiger partial charge is 0.494 e. The number of amides is 1. The van der Waals surface area contributed by atoms with Gasteiger partial charge in [0.05, 0.1) is 6.61 Å². The van der Waals surface area contributed by atoms with Crippen LogP contribution in [0.2, 0.25) is 0 Å². The number of anilines is 1. The van der Waals surface area contributed by atoms with Crippen molar-refractivity contribution in [3.05, 3.63) is 54.1 Å². The molecule has 140 valence electrons. The molecule has 1 atom stereocenters. The quantitative estimate of drug-likeness (QED) is 0.744. The van der Waals surface area contributed by atoms with E-state index in [4.69, 9.17) is 9.47 Å². The average Bonchev–Trinajstić information content (AvgIpc) is 2.61. The second-order valence-electron chi connectivity index (χ2n) is 7.24. The number of carbonyl (C=O) groups excluding carboxylic acids is 1. The molecule has 0 fully saturated rings. The zero-order valence-corrected chi connectivity index (χ0v) is 16.3. The van der Waals surface area contributed by atoms with Crippen molar-refractivity contribution < 1.29 is 14.3 Å². The minimum atomic E-state index is -0.540. The molecule has 26 heavy (non-hydrogen) atoms. The van der Waals surface area contributed by atoms with Crippen molar-refractivity contribution in [2.24, 2.45) is 0 Å². The Bertz CT molecular complexity index is 700. The lowest BCUT2D eigenvalue weighted by Crippen LogP contribution is -2.32. The molecular formula is C22H29NO3. The maximum absolute atomic E-state index is 12.5. The van der Waals surface area contributed by atoms with Crippen molar-refractivity contribution in [1.29, 1.82) is 0 Å². The summed E-state index contributed by atoms with van der Waals surface area (Å²) in [6.45, 7) is 11.0. The van der Waals surface area contributed by atoms with E-state index in [0.717, 1.165) is 11.4 Å². The molecule has 0 aliphatic heterocycles. The van der Waals surface area contributed by atoms with E-state index in [9.17, 15) is 4.79 Å². The van der Waals surface area contributed by atoms with E-state index in [2.05, 4.69) is 26.1 Å². The van der Waals surface area contributed by atoms with Crippen LogP contribution in [0.1, 0.15) is 46.6 Å².